The Hall–Kier alpha value is -2.53. The Morgan fingerprint density at radius 1 is 1.27 bits per heavy atom. The molecule has 10 heteroatoms. The summed E-state index contributed by atoms with van der Waals surface area (Å²) >= 11 is 0. The van der Waals surface area contributed by atoms with E-state index in [9.17, 15) is 9.90 Å². The highest BCUT2D eigenvalue weighted by Gasteiger charge is 2.20. The van der Waals surface area contributed by atoms with Crippen LogP contribution >= 0.6 is 0 Å². The number of aromatic amines is 1. The van der Waals surface area contributed by atoms with E-state index in [1.165, 1.54) is 17.5 Å². The van der Waals surface area contributed by atoms with Crippen molar-refractivity contribution in [1.29, 1.82) is 0 Å². The van der Waals surface area contributed by atoms with Crippen LogP contribution in [0.25, 0.3) is 11.0 Å². The summed E-state index contributed by atoms with van der Waals surface area (Å²) in [5.41, 5.74) is 3.30. The molecule has 0 radical (unpaired) electrons. The normalized spacial score (nSPS) is 15.5. The van der Waals surface area contributed by atoms with Gasteiger partial charge in [-0.15, -0.1) is 5.10 Å². The molecule has 1 aliphatic rings. The van der Waals surface area contributed by atoms with Crippen LogP contribution in [-0.4, -0.2) is 70.2 Å². The van der Waals surface area contributed by atoms with Gasteiger partial charge >= 0.3 is 0 Å². The van der Waals surface area contributed by atoms with Gasteiger partial charge in [0.25, 0.3) is 5.56 Å². The average Bonchev–Trinajstić information content (AvgIpc) is 3.13. The first-order valence-corrected chi connectivity index (χ1v) is 15.2. The van der Waals surface area contributed by atoms with Gasteiger partial charge in [-0.25, -0.2) is 9.67 Å². The van der Waals surface area contributed by atoms with Gasteiger partial charge in [0.05, 0.1) is 12.4 Å². The predicted molar refractivity (Wildman–Crippen MR) is 132 cm³/mol. The fraction of sp³-hybridized carbons (Fsp3) is 0.522. The fourth-order valence-electron chi connectivity index (χ4n) is 4.05. The lowest BCUT2D eigenvalue weighted by Crippen LogP contribution is -2.39. The minimum Gasteiger partial charge on any atom is -0.390 e. The van der Waals surface area contributed by atoms with Crippen LogP contribution in [0, 0.1) is 0 Å². The van der Waals surface area contributed by atoms with Gasteiger partial charge in [0.2, 0.25) is 0 Å². The lowest BCUT2D eigenvalue weighted by atomic mass is 10.00. The van der Waals surface area contributed by atoms with Crippen molar-refractivity contribution in [2.45, 2.75) is 51.5 Å². The highest BCUT2D eigenvalue weighted by molar-refractivity contribution is 6.76. The van der Waals surface area contributed by atoms with Crippen molar-refractivity contribution in [2.75, 3.05) is 31.6 Å². The molecule has 0 fully saturated rings. The Morgan fingerprint density at radius 3 is 2.85 bits per heavy atom. The molecule has 0 saturated carbocycles. The molecule has 1 aliphatic heterocycles. The number of H-pyrrole nitrogens is 1. The molecule has 0 bridgehead atoms. The molecule has 0 unspecified atom stereocenters. The zero-order valence-corrected chi connectivity index (χ0v) is 20.7. The van der Waals surface area contributed by atoms with Crippen LogP contribution < -0.4 is 10.9 Å². The molecule has 9 nitrogen and oxygen atoms in total. The second-order valence-electron chi connectivity index (χ2n) is 9.91. The minimum atomic E-state index is -1.20. The molecule has 1 atom stereocenters. The van der Waals surface area contributed by atoms with Gasteiger partial charge in [-0.05, 0) is 23.6 Å². The average molecular weight is 471 g/mol. The van der Waals surface area contributed by atoms with Crippen molar-refractivity contribution in [3.63, 3.8) is 0 Å². The Kier molecular flexibility index (Phi) is 7.28. The van der Waals surface area contributed by atoms with E-state index >= 15 is 0 Å². The first-order chi connectivity index (χ1) is 15.8. The molecular formula is C23H34N6O3Si. The molecule has 1 aromatic carbocycles. The highest BCUT2D eigenvalue weighted by atomic mass is 28.3. The van der Waals surface area contributed by atoms with Crippen LogP contribution in [0.3, 0.4) is 0 Å². The largest absolute Gasteiger partial charge is 0.390 e. The van der Waals surface area contributed by atoms with E-state index in [2.05, 4.69) is 69.2 Å². The zero-order valence-electron chi connectivity index (χ0n) is 19.7. The molecule has 3 aromatic rings. The van der Waals surface area contributed by atoms with Gasteiger partial charge < -0.3 is 20.1 Å². The third-order valence-electron chi connectivity index (χ3n) is 5.93. The summed E-state index contributed by atoms with van der Waals surface area (Å²) in [6.45, 7) is 10.4. The van der Waals surface area contributed by atoms with Gasteiger partial charge in [-0.2, -0.15) is 0 Å². The number of fused-ring (bicyclic) bond motifs is 2. The quantitative estimate of drug-likeness (QED) is 0.308. The van der Waals surface area contributed by atoms with E-state index < -0.39 is 14.2 Å². The molecule has 4 rings (SSSR count). The highest BCUT2D eigenvalue weighted by Crippen LogP contribution is 2.20. The van der Waals surface area contributed by atoms with Crippen LogP contribution in [0.1, 0.15) is 11.1 Å². The third kappa shape index (κ3) is 6.08. The number of anilines is 1. The van der Waals surface area contributed by atoms with Crippen molar-refractivity contribution in [1.82, 2.24) is 24.6 Å². The summed E-state index contributed by atoms with van der Waals surface area (Å²) in [5, 5.41) is 18.3. The van der Waals surface area contributed by atoms with E-state index in [1.54, 1.807) is 4.68 Å². The lowest BCUT2D eigenvalue weighted by Gasteiger charge is -2.30. The van der Waals surface area contributed by atoms with Crippen LogP contribution in [0.4, 0.5) is 5.82 Å². The summed E-state index contributed by atoms with van der Waals surface area (Å²) < 4.78 is 7.34. The summed E-state index contributed by atoms with van der Waals surface area (Å²) in [6.07, 6.45) is 1.79. The first kappa shape index (κ1) is 23.6. The van der Waals surface area contributed by atoms with Gasteiger partial charge in [0.15, 0.2) is 11.3 Å². The number of aromatic nitrogens is 4. The second-order valence-corrected chi connectivity index (χ2v) is 15.5. The SMILES string of the molecule is C[Si](C)(C)CCOCn1nc(NC[C@H](O)CN2CCc3ccccc3C2)c2nc[nH]c(=O)c21. The maximum atomic E-state index is 12.4. The summed E-state index contributed by atoms with van der Waals surface area (Å²) in [5.74, 6) is 0.480. The van der Waals surface area contributed by atoms with E-state index in [4.69, 9.17) is 4.74 Å². The number of aliphatic hydroxyl groups is 1. The molecule has 2 aromatic heterocycles. The lowest BCUT2D eigenvalue weighted by molar-refractivity contribution is 0.0817. The van der Waals surface area contributed by atoms with Crippen LogP contribution in [0.5, 0.6) is 0 Å². The van der Waals surface area contributed by atoms with Crippen LogP contribution in [0.2, 0.25) is 25.7 Å². The van der Waals surface area contributed by atoms with Crippen molar-refractivity contribution in [3.8, 4) is 0 Å². The standard InChI is InChI=1S/C23H34N6O3Si/c1-33(2,3)11-10-32-16-29-21-20(25-15-26-23(21)31)22(27-29)24-12-19(30)14-28-9-8-17-6-4-5-7-18(17)13-28/h4-7,15,19,30H,8-14,16H2,1-3H3,(H,24,27)(H,25,26,31)/t19-/m0/s1. The summed E-state index contributed by atoms with van der Waals surface area (Å²) in [4.78, 5) is 21.6. The predicted octanol–water partition coefficient (Wildman–Crippen LogP) is 2.26. The van der Waals surface area contributed by atoms with E-state index in [0.717, 1.165) is 25.6 Å². The minimum absolute atomic E-state index is 0.188. The topological polar surface area (TPSA) is 108 Å². The smallest absolute Gasteiger partial charge is 0.277 e. The number of rotatable bonds is 10. The Bertz CT molecular complexity index is 1140. The maximum Gasteiger partial charge on any atom is 0.277 e. The maximum absolute atomic E-state index is 12.4. The number of aliphatic hydroxyl groups excluding tert-OH is 1. The van der Waals surface area contributed by atoms with Crippen LogP contribution in [0.15, 0.2) is 35.4 Å². The van der Waals surface area contributed by atoms with E-state index in [1.807, 2.05) is 0 Å². The Labute approximate surface area is 194 Å². The molecule has 178 valence electrons. The summed E-state index contributed by atoms with van der Waals surface area (Å²) in [7, 11) is -1.20. The number of nitrogens with zero attached hydrogens (tertiary/aromatic N) is 4. The molecule has 3 heterocycles. The van der Waals surface area contributed by atoms with Gasteiger partial charge in [-0.3, -0.25) is 9.69 Å². The molecule has 33 heavy (non-hydrogen) atoms. The number of hydrogen-bond acceptors (Lipinski definition) is 7. The van der Waals surface area contributed by atoms with E-state index in [0.29, 0.717) is 36.5 Å². The number of β-amino-alcohol motifs (C(OH)–C–C–N with tert-alkyl or cyclic N) is 1. The Morgan fingerprint density at radius 2 is 2.06 bits per heavy atom. The molecule has 3 N–H and O–H groups in total. The van der Waals surface area contributed by atoms with Crippen molar-refractivity contribution in [2.24, 2.45) is 0 Å². The molecular weight excluding hydrogens is 436 g/mol. The summed E-state index contributed by atoms with van der Waals surface area (Å²) in [6, 6.07) is 9.51. The Balaban J connectivity index is 1.37. The monoisotopic (exact) mass is 470 g/mol. The zero-order chi connectivity index (χ0) is 23.4. The number of nitrogens with one attached hydrogen (secondary N) is 2. The van der Waals surface area contributed by atoms with Crippen molar-refractivity contribution in [3.05, 3.63) is 52.1 Å². The van der Waals surface area contributed by atoms with E-state index in [-0.39, 0.29) is 12.3 Å². The van der Waals surface area contributed by atoms with Gasteiger partial charge in [0, 0.05) is 40.9 Å². The molecule has 0 amide bonds. The van der Waals surface area contributed by atoms with Crippen molar-refractivity contribution < 1.29 is 9.84 Å². The number of benzene rings is 1. The number of ether oxygens (including phenoxy) is 1. The van der Waals surface area contributed by atoms with Crippen LogP contribution in [-0.2, 0) is 24.4 Å². The van der Waals surface area contributed by atoms with Crippen molar-refractivity contribution >= 4 is 24.9 Å². The molecule has 0 spiro atoms. The second kappa shape index (κ2) is 10.2. The van der Waals surface area contributed by atoms with Gasteiger partial charge in [-0.1, -0.05) is 43.9 Å². The molecule has 0 aliphatic carbocycles. The first-order valence-electron chi connectivity index (χ1n) is 11.5. The third-order valence-corrected chi connectivity index (χ3v) is 7.63. The number of hydrogen-bond donors (Lipinski definition) is 3. The fourth-order valence-corrected chi connectivity index (χ4v) is 4.81. The van der Waals surface area contributed by atoms with Gasteiger partial charge in [0.1, 0.15) is 12.2 Å². The molecule has 0 saturated heterocycles.